The number of rotatable bonds is 4. The van der Waals surface area contributed by atoms with Crippen LogP contribution >= 0.6 is 15.9 Å². The summed E-state index contributed by atoms with van der Waals surface area (Å²) in [7, 11) is 0. The molecule has 1 fully saturated rings. The molecular formula is C13H16BrN3O3. The Morgan fingerprint density at radius 2 is 2.10 bits per heavy atom. The van der Waals surface area contributed by atoms with E-state index in [1.165, 1.54) is 12.1 Å². The van der Waals surface area contributed by atoms with E-state index in [9.17, 15) is 14.9 Å². The van der Waals surface area contributed by atoms with Crippen molar-refractivity contribution < 1.29 is 9.72 Å². The van der Waals surface area contributed by atoms with E-state index < -0.39 is 10.3 Å². The Morgan fingerprint density at radius 1 is 1.45 bits per heavy atom. The summed E-state index contributed by atoms with van der Waals surface area (Å²) in [4.78, 5) is 22.7. The molecule has 1 aliphatic rings. The molecule has 1 amide bonds. The van der Waals surface area contributed by atoms with Crippen molar-refractivity contribution in [3.05, 3.63) is 32.8 Å². The van der Waals surface area contributed by atoms with Crippen LogP contribution in [0.3, 0.4) is 0 Å². The Morgan fingerprint density at radius 3 is 2.65 bits per heavy atom. The van der Waals surface area contributed by atoms with E-state index in [0.29, 0.717) is 16.7 Å². The molecule has 20 heavy (non-hydrogen) atoms. The highest BCUT2D eigenvalue weighted by atomic mass is 79.9. The van der Waals surface area contributed by atoms with Crippen LogP contribution in [-0.4, -0.2) is 17.4 Å². The highest BCUT2D eigenvalue weighted by Gasteiger charge is 2.40. The van der Waals surface area contributed by atoms with Gasteiger partial charge in [0, 0.05) is 23.2 Å². The first-order valence-electron chi connectivity index (χ1n) is 6.44. The third-order valence-corrected chi connectivity index (χ3v) is 4.53. The molecule has 3 N–H and O–H groups in total. The fraction of sp³-hybridized carbons (Fsp3) is 0.462. The minimum Gasteiger partial charge on any atom is -0.329 e. The largest absolute Gasteiger partial charge is 0.329 e. The number of nitrogens with two attached hydrogens (primary N) is 1. The smallest absolute Gasteiger partial charge is 0.271 e. The number of carbonyl (C=O) groups is 1. The highest BCUT2D eigenvalue weighted by molar-refractivity contribution is 9.10. The summed E-state index contributed by atoms with van der Waals surface area (Å²) in [5, 5.41) is 13.6. The second kappa shape index (κ2) is 5.88. The van der Waals surface area contributed by atoms with Crippen LogP contribution in [0.2, 0.25) is 0 Å². The third kappa shape index (κ3) is 2.83. The number of hydrogen-bond acceptors (Lipinski definition) is 4. The first kappa shape index (κ1) is 14.9. The maximum absolute atomic E-state index is 12.4. The first-order valence-corrected chi connectivity index (χ1v) is 7.23. The maximum Gasteiger partial charge on any atom is 0.271 e. The van der Waals surface area contributed by atoms with Crippen molar-refractivity contribution in [2.75, 3.05) is 11.9 Å². The van der Waals surface area contributed by atoms with E-state index >= 15 is 0 Å². The third-order valence-electron chi connectivity index (χ3n) is 3.84. The topological polar surface area (TPSA) is 98.3 Å². The van der Waals surface area contributed by atoms with E-state index in [1.54, 1.807) is 6.07 Å². The van der Waals surface area contributed by atoms with Gasteiger partial charge in [-0.05, 0) is 34.8 Å². The van der Waals surface area contributed by atoms with Gasteiger partial charge in [-0.1, -0.05) is 12.8 Å². The fourth-order valence-corrected chi connectivity index (χ4v) is 2.90. The minimum atomic E-state index is -0.538. The molecule has 0 radical (unpaired) electrons. The van der Waals surface area contributed by atoms with Gasteiger partial charge < -0.3 is 11.1 Å². The molecule has 0 bridgehead atoms. The molecule has 6 nitrogen and oxygen atoms in total. The Labute approximate surface area is 125 Å². The molecule has 1 aliphatic carbocycles. The van der Waals surface area contributed by atoms with Crippen molar-refractivity contribution in [2.45, 2.75) is 25.7 Å². The zero-order valence-corrected chi connectivity index (χ0v) is 12.5. The summed E-state index contributed by atoms with van der Waals surface area (Å²) in [5.74, 6) is -0.154. The lowest BCUT2D eigenvalue weighted by Gasteiger charge is -2.25. The van der Waals surface area contributed by atoms with Crippen LogP contribution in [0.1, 0.15) is 25.7 Å². The van der Waals surface area contributed by atoms with Crippen molar-refractivity contribution in [2.24, 2.45) is 11.1 Å². The molecule has 7 heteroatoms. The average Bonchev–Trinajstić information content (AvgIpc) is 2.91. The highest BCUT2D eigenvalue weighted by Crippen LogP contribution is 2.39. The minimum absolute atomic E-state index is 0.0586. The second-order valence-corrected chi connectivity index (χ2v) is 5.92. The van der Waals surface area contributed by atoms with E-state index in [2.05, 4.69) is 21.2 Å². The standard InChI is InChI=1S/C13H16BrN3O3/c14-10-4-3-9(17(19)20)7-11(10)16-12(18)13(8-15)5-1-2-6-13/h3-4,7H,1-2,5-6,8,15H2,(H,16,18). The lowest BCUT2D eigenvalue weighted by molar-refractivity contribution is -0.384. The van der Waals surface area contributed by atoms with Gasteiger partial charge in [0.2, 0.25) is 5.91 Å². The number of amides is 1. The van der Waals surface area contributed by atoms with E-state index in [0.717, 1.165) is 25.7 Å². The van der Waals surface area contributed by atoms with Crippen molar-refractivity contribution >= 4 is 33.2 Å². The Bertz CT molecular complexity index is 542. The number of nitrogens with one attached hydrogen (secondary N) is 1. The van der Waals surface area contributed by atoms with Crippen molar-refractivity contribution in [1.82, 2.24) is 0 Å². The zero-order chi connectivity index (χ0) is 14.8. The number of anilines is 1. The van der Waals surface area contributed by atoms with E-state index in [-0.39, 0.29) is 11.6 Å². The quantitative estimate of drug-likeness (QED) is 0.649. The fourth-order valence-electron chi connectivity index (χ4n) is 2.55. The Hall–Kier alpha value is -1.47. The molecule has 0 saturated heterocycles. The predicted octanol–water partition coefficient (Wildman–Crippen LogP) is 2.81. The second-order valence-electron chi connectivity index (χ2n) is 5.07. The van der Waals surface area contributed by atoms with Gasteiger partial charge in [-0.25, -0.2) is 0 Å². The van der Waals surface area contributed by atoms with Crippen LogP contribution in [0, 0.1) is 15.5 Å². The number of nitro groups is 1. The zero-order valence-electron chi connectivity index (χ0n) is 10.9. The van der Waals surface area contributed by atoms with Crippen LogP contribution in [0.25, 0.3) is 0 Å². The lowest BCUT2D eigenvalue weighted by Crippen LogP contribution is -2.40. The summed E-state index contributed by atoms with van der Waals surface area (Å²) in [6.07, 6.45) is 3.51. The van der Waals surface area contributed by atoms with Crippen LogP contribution in [0.5, 0.6) is 0 Å². The molecule has 0 heterocycles. The summed E-state index contributed by atoms with van der Waals surface area (Å²) in [6.45, 7) is 0.297. The molecule has 0 spiro atoms. The van der Waals surface area contributed by atoms with Crippen LogP contribution in [0.15, 0.2) is 22.7 Å². The first-order chi connectivity index (χ1) is 9.48. The van der Waals surface area contributed by atoms with Crippen LogP contribution < -0.4 is 11.1 Å². The van der Waals surface area contributed by atoms with E-state index in [1.807, 2.05) is 0 Å². The summed E-state index contributed by atoms with van der Waals surface area (Å²) in [5.41, 5.74) is 5.57. The summed E-state index contributed by atoms with van der Waals surface area (Å²) < 4.78 is 0.613. The number of halogens is 1. The molecule has 0 aliphatic heterocycles. The van der Waals surface area contributed by atoms with Crippen molar-refractivity contribution in [3.63, 3.8) is 0 Å². The van der Waals surface area contributed by atoms with Crippen LogP contribution in [0.4, 0.5) is 11.4 Å². The lowest BCUT2D eigenvalue weighted by atomic mass is 9.85. The number of hydrogen-bond donors (Lipinski definition) is 2. The predicted molar refractivity (Wildman–Crippen MR) is 79.4 cm³/mol. The van der Waals surface area contributed by atoms with Gasteiger partial charge in [0.05, 0.1) is 16.0 Å². The molecular weight excluding hydrogens is 326 g/mol. The normalized spacial score (nSPS) is 16.9. The molecule has 108 valence electrons. The molecule has 0 unspecified atom stereocenters. The molecule has 1 saturated carbocycles. The van der Waals surface area contributed by atoms with Crippen molar-refractivity contribution in [3.8, 4) is 0 Å². The maximum atomic E-state index is 12.4. The van der Waals surface area contributed by atoms with Gasteiger partial charge in [-0.2, -0.15) is 0 Å². The molecule has 1 aromatic carbocycles. The van der Waals surface area contributed by atoms with Gasteiger partial charge in [0.1, 0.15) is 0 Å². The Balaban J connectivity index is 2.23. The number of benzene rings is 1. The van der Waals surface area contributed by atoms with Gasteiger partial charge in [0.25, 0.3) is 5.69 Å². The summed E-state index contributed by atoms with van der Waals surface area (Å²) >= 11 is 3.29. The van der Waals surface area contributed by atoms with Gasteiger partial charge in [0.15, 0.2) is 0 Å². The number of nitro benzene ring substituents is 1. The van der Waals surface area contributed by atoms with Gasteiger partial charge in [-0.3, -0.25) is 14.9 Å². The van der Waals surface area contributed by atoms with Gasteiger partial charge in [-0.15, -0.1) is 0 Å². The number of carbonyl (C=O) groups excluding carboxylic acids is 1. The number of non-ortho nitro benzene ring substituents is 1. The van der Waals surface area contributed by atoms with E-state index in [4.69, 9.17) is 5.73 Å². The molecule has 0 aromatic heterocycles. The Kier molecular flexibility index (Phi) is 4.39. The molecule has 1 aromatic rings. The number of nitrogens with zero attached hydrogens (tertiary/aromatic N) is 1. The molecule has 0 atom stereocenters. The monoisotopic (exact) mass is 341 g/mol. The van der Waals surface area contributed by atoms with Crippen molar-refractivity contribution in [1.29, 1.82) is 0 Å². The van der Waals surface area contributed by atoms with Crippen LogP contribution in [-0.2, 0) is 4.79 Å². The summed E-state index contributed by atoms with van der Waals surface area (Å²) in [6, 6.07) is 4.28. The average molecular weight is 342 g/mol. The molecule has 2 rings (SSSR count). The van der Waals surface area contributed by atoms with Gasteiger partial charge >= 0.3 is 0 Å². The SMILES string of the molecule is NCC1(C(=O)Nc2cc([N+](=O)[O-])ccc2Br)CCCC1.